The Bertz CT molecular complexity index is 519. The minimum absolute atomic E-state index is 0.363. The Kier molecular flexibility index (Phi) is 7.01. The van der Waals surface area contributed by atoms with Crippen molar-refractivity contribution >= 4 is 11.8 Å². The molecular weight excluding hydrogens is 272 g/mol. The number of benzene rings is 1. The summed E-state index contributed by atoms with van der Waals surface area (Å²) in [4.78, 5) is 22.3. The lowest BCUT2D eigenvalue weighted by atomic mass is 10.1. The normalized spacial score (nSPS) is 10.6. The highest BCUT2D eigenvalue weighted by Crippen LogP contribution is 2.29. The smallest absolute Gasteiger partial charge is 0.328 e. The summed E-state index contributed by atoms with van der Waals surface area (Å²) in [6.45, 7) is 5.07. The molecule has 0 aromatic heterocycles. The molecule has 0 heterocycles. The summed E-state index contributed by atoms with van der Waals surface area (Å²) in [5, 5.41) is 8.54. The number of carbonyl (C=O) groups excluding carboxylic acids is 1. The van der Waals surface area contributed by atoms with Gasteiger partial charge in [-0.3, -0.25) is 4.79 Å². The largest absolute Gasteiger partial charge is 0.490 e. The van der Waals surface area contributed by atoms with Gasteiger partial charge in [0.05, 0.1) is 13.2 Å². The van der Waals surface area contributed by atoms with Crippen LogP contribution in [0.25, 0.3) is 0 Å². The van der Waals surface area contributed by atoms with Gasteiger partial charge in [0.2, 0.25) is 0 Å². The molecule has 1 aromatic rings. The number of hydrogen-bond donors (Lipinski definition) is 1. The number of allylic oxidation sites excluding steroid dienone is 1. The minimum atomic E-state index is -1.16. The zero-order valence-corrected chi connectivity index (χ0v) is 12.3. The monoisotopic (exact) mass is 292 g/mol. The maximum atomic E-state index is 11.9. The van der Waals surface area contributed by atoms with Gasteiger partial charge in [0.15, 0.2) is 17.3 Å². The predicted octanol–water partition coefficient (Wildman–Crippen LogP) is 3.09. The number of carboxylic acids is 1. The van der Waals surface area contributed by atoms with Crippen molar-refractivity contribution in [1.82, 2.24) is 0 Å². The summed E-state index contributed by atoms with van der Waals surface area (Å²) < 4.78 is 11.1. The third-order valence-electron chi connectivity index (χ3n) is 2.53. The topological polar surface area (TPSA) is 72.8 Å². The third-order valence-corrected chi connectivity index (χ3v) is 2.53. The molecule has 0 saturated heterocycles. The van der Waals surface area contributed by atoms with E-state index in [4.69, 9.17) is 14.6 Å². The average molecular weight is 292 g/mol. The number of ether oxygens (including phenoxy) is 2. The molecule has 114 valence electrons. The van der Waals surface area contributed by atoms with Crippen molar-refractivity contribution in [2.45, 2.75) is 26.7 Å². The van der Waals surface area contributed by atoms with Crippen LogP contribution < -0.4 is 9.47 Å². The Hall–Kier alpha value is -2.30. The van der Waals surface area contributed by atoms with Crippen LogP contribution in [-0.4, -0.2) is 30.1 Å². The number of carboxylic acid groups (broad SMARTS) is 1. The molecule has 1 aromatic carbocycles. The van der Waals surface area contributed by atoms with E-state index in [9.17, 15) is 9.59 Å². The molecule has 0 amide bonds. The Labute approximate surface area is 124 Å². The molecule has 0 unspecified atom stereocenters. The SMILES string of the molecule is CCCOc1ccc(C(=O)C=CC(=O)O)cc1OCCC. The summed E-state index contributed by atoms with van der Waals surface area (Å²) in [7, 11) is 0. The number of aliphatic carboxylic acids is 1. The van der Waals surface area contributed by atoms with E-state index in [2.05, 4.69) is 0 Å². The molecule has 0 aliphatic rings. The summed E-state index contributed by atoms with van der Waals surface area (Å²) in [5.74, 6) is -0.460. The van der Waals surface area contributed by atoms with Gasteiger partial charge in [-0.05, 0) is 37.1 Å². The van der Waals surface area contributed by atoms with Gasteiger partial charge in [0.1, 0.15) is 0 Å². The number of carbonyl (C=O) groups is 2. The van der Waals surface area contributed by atoms with Gasteiger partial charge in [-0.1, -0.05) is 13.8 Å². The fourth-order valence-electron chi connectivity index (χ4n) is 1.56. The van der Waals surface area contributed by atoms with E-state index >= 15 is 0 Å². The van der Waals surface area contributed by atoms with Crippen molar-refractivity contribution in [3.63, 3.8) is 0 Å². The van der Waals surface area contributed by atoms with Crippen molar-refractivity contribution in [2.24, 2.45) is 0 Å². The van der Waals surface area contributed by atoms with Crippen LogP contribution in [0.3, 0.4) is 0 Å². The van der Waals surface area contributed by atoms with Crippen molar-refractivity contribution in [2.75, 3.05) is 13.2 Å². The Balaban J connectivity index is 2.96. The molecule has 0 fully saturated rings. The molecular formula is C16H20O5. The number of rotatable bonds is 9. The van der Waals surface area contributed by atoms with E-state index in [0.29, 0.717) is 30.3 Å². The molecule has 0 radical (unpaired) electrons. The fraction of sp³-hybridized carbons (Fsp3) is 0.375. The van der Waals surface area contributed by atoms with E-state index in [-0.39, 0.29) is 5.78 Å². The standard InChI is InChI=1S/C16H20O5/c1-3-9-20-14-7-5-12(11-15(14)21-10-4-2)13(17)6-8-16(18)19/h5-8,11H,3-4,9-10H2,1-2H3,(H,18,19). The van der Waals surface area contributed by atoms with Crippen LogP contribution >= 0.6 is 0 Å². The van der Waals surface area contributed by atoms with Crippen LogP contribution in [0.5, 0.6) is 11.5 Å². The highest BCUT2D eigenvalue weighted by atomic mass is 16.5. The Morgan fingerprint density at radius 3 is 2.24 bits per heavy atom. The first-order chi connectivity index (χ1) is 10.1. The molecule has 0 atom stereocenters. The van der Waals surface area contributed by atoms with Crippen LogP contribution in [0.4, 0.5) is 0 Å². The predicted molar refractivity (Wildman–Crippen MR) is 79.1 cm³/mol. The van der Waals surface area contributed by atoms with Crippen LogP contribution in [-0.2, 0) is 4.79 Å². The number of hydrogen-bond acceptors (Lipinski definition) is 4. The average Bonchev–Trinajstić information content (AvgIpc) is 2.48. The van der Waals surface area contributed by atoms with Gasteiger partial charge < -0.3 is 14.6 Å². The zero-order valence-electron chi connectivity index (χ0n) is 12.3. The molecule has 1 N–H and O–H groups in total. The van der Waals surface area contributed by atoms with E-state index in [1.807, 2.05) is 13.8 Å². The minimum Gasteiger partial charge on any atom is -0.490 e. The lowest BCUT2D eigenvalue weighted by Gasteiger charge is -2.12. The van der Waals surface area contributed by atoms with Gasteiger partial charge in [0, 0.05) is 11.6 Å². The van der Waals surface area contributed by atoms with E-state index < -0.39 is 5.97 Å². The summed E-state index contributed by atoms with van der Waals surface area (Å²) in [6.07, 6.45) is 3.55. The molecule has 1 rings (SSSR count). The van der Waals surface area contributed by atoms with Gasteiger partial charge in [0.25, 0.3) is 0 Å². The first-order valence-corrected chi connectivity index (χ1v) is 6.93. The van der Waals surface area contributed by atoms with Gasteiger partial charge in [-0.2, -0.15) is 0 Å². The first kappa shape index (κ1) is 16.8. The van der Waals surface area contributed by atoms with Crippen LogP contribution in [0.2, 0.25) is 0 Å². The van der Waals surface area contributed by atoms with Gasteiger partial charge in [-0.25, -0.2) is 4.79 Å². The highest BCUT2D eigenvalue weighted by Gasteiger charge is 2.10. The van der Waals surface area contributed by atoms with Crippen molar-refractivity contribution in [3.05, 3.63) is 35.9 Å². The molecule has 0 spiro atoms. The highest BCUT2D eigenvalue weighted by molar-refractivity contribution is 6.07. The first-order valence-electron chi connectivity index (χ1n) is 6.93. The van der Waals surface area contributed by atoms with E-state index in [1.54, 1.807) is 18.2 Å². The Morgan fingerprint density at radius 2 is 1.67 bits per heavy atom. The molecule has 0 bridgehead atoms. The molecule has 0 saturated carbocycles. The summed E-state index contributed by atoms with van der Waals surface area (Å²) in [5.41, 5.74) is 0.363. The second-order valence-electron chi connectivity index (χ2n) is 4.39. The molecule has 0 aliphatic carbocycles. The van der Waals surface area contributed by atoms with E-state index in [0.717, 1.165) is 25.0 Å². The maximum Gasteiger partial charge on any atom is 0.328 e. The third kappa shape index (κ3) is 5.69. The number of ketones is 1. The van der Waals surface area contributed by atoms with E-state index in [1.165, 1.54) is 0 Å². The van der Waals surface area contributed by atoms with Crippen LogP contribution in [0.15, 0.2) is 30.4 Å². The zero-order chi connectivity index (χ0) is 15.7. The second-order valence-corrected chi connectivity index (χ2v) is 4.39. The fourth-order valence-corrected chi connectivity index (χ4v) is 1.56. The second kappa shape index (κ2) is 8.79. The summed E-state index contributed by atoms with van der Waals surface area (Å²) in [6, 6.07) is 4.84. The van der Waals surface area contributed by atoms with Crippen LogP contribution in [0.1, 0.15) is 37.0 Å². The molecule has 5 nitrogen and oxygen atoms in total. The maximum absolute atomic E-state index is 11.9. The van der Waals surface area contributed by atoms with Gasteiger partial charge >= 0.3 is 5.97 Å². The van der Waals surface area contributed by atoms with Crippen molar-refractivity contribution in [3.8, 4) is 11.5 Å². The lowest BCUT2D eigenvalue weighted by molar-refractivity contribution is -0.131. The van der Waals surface area contributed by atoms with Crippen molar-refractivity contribution < 1.29 is 24.2 Å². The van der Waals surface area contributed by atoms with Crippen LogP contribution in [0, 0.1) is 0 Å². The van der Waals surface area contributed by atoms with Gasteiger partial charge in [-0.15, -0.1) is 0 Å². The summed E-state index contributed by atoms with van der Waals surface area (Å²) >= 11 is 0. The molecule has 0 aliphatic heterocycles. The molecule has 21 heavy (non-hydrogen) atoms. The Morgan fingerprint density at radius 1 is 1.05 bits per heavy atom. The molecule has 5 heteroatoms. The quantitative estimate of drug-likeness (QED) is 0.559. The van der Waals surface area contributed by atoms with Crippen molar-refractivity contribution in [1.29, 1.82) is 0 Å². The lowest BCUT2D eigenvalue weighted by Crippen LogP contribution is -2.03.